The Morgan fingerprint density at radius 2 is 2.11 bits per heavy atom. The first-order valence-corrected chi connectivity index (χ1v) is 6.23. The van der Waals surface area contributed by atoms with Crippen molar-refractivity contribution in [2.75, 3.05) is 11.9 Å². The third kappa shape index (κ3) is 2.45. The number of thiazole rings is 1. The van der Waals surface area contributed by atoms with E-state index in [4.69, 9.17) is 11.1 Å². The highest BCUT2D eigenvalue weighted by atomic mass is 32.1. The number of hydrogen-bond donors (Lipinski definition) is 2. The quantitative estimate of drug-likeness (QED) is 0.637. The van der Waals surface area contributed by atoms with Crippen molar-refractivity contribution < 1.29 is 0 Å². The van der Waals surface area contributed by atoms with Crippen molar-refractivity contribution in [3.8, 4) is 0 Å². The average molecular weight is 262 g/mol. The molecule has 0 saturated carbocycles. The number of aryl methyl sites for hydroxylation is 1. The summed E-state index contributed by atoms with van der Waals surface area (Å²) in [5.74, 6) is 0.531. The second-order valence-corrected chi connectivity index (χ2v) is 4.80. The number of hydrogen-bond acceptors (Lipinski definition) is 6. The molecule has 0 amide bonds. The van der Waals surface area contributed by atoms with Crippen molar-refractivity contribution in [2.24, 2.45) is 5.73 Å². The van der Waals surface area contributed by atoms with Gasteiger partial charge in [0.25, 0.3) is 0 Å². The van der Waals surface area contributed by atoms with Gasteiger partial charge >= 0.3 is 0 Å². The van der Waals surface area contributed by atoms with Crippen molar-refractivity contribution in [2.45, 2.75) is 13.5 Å². The maximum atomic E-state index is 7.50. The molecule has 6 nitrogen and oxygen atoms in total. The van der Waals surface area contributed by atoms with Crippen LogP contribution in [0.4, 0.5) is 5.82 Å². The van der Waals surface area contributed by atoms with Crippen molar-refractivity contribution in [3.05, 3.63) is 34.2 Å². The monoisotopic (exact) mass is 262 g/mol. The van der Waals surface area contributed by atoms with E-state index in [0.717, 1.165) is 10.6 Å². The van der Waals surface area contributed by atoms with Gasteiger partial charge in [-0.15, -0.1) is 11.3 Å². The summed E-state index contributed by atoms with van der Waals surface area (Å²) in [5.41, 5.74) is 8.74. The highest BCUT2D eigenvalue weighted by Crippen LogP contribution is 2.19. The van der Waals surface area contributed by atoms with Gasteiger partial charge in [0.15, 0.2) is 5.82 Å². The molecule has 0 radical (unpaired) electrons. The van der Waals surface area contributed by atoms with E-state index in [1.165, 1.54) is 6.20 Å². The maximum absolute atomic E-state index is 7.50. The minimum absolute atomic E-state index is 0.0778. The number of nitrogens with two attached hydrogens (primary N) is 1. The van der Waals surface area contributed by atoms with Crippen LogP contribution in [0.2, 0.25) is 0 Å². The fourth-order valence-corrected chi connectivity index (χ4v) is 2.40. The Morgan fingerprint density at radius 1 is 1.39 bits per heavy atom. The number of nitrogens with one attached hydrogen (secondary N) is 1. The molecule has 2 aromatic heterocycles. The highest BCUT2D eigenvalue weighted by molar-refractivity contribution is 7.09. The SMILES string of the molecule is Cc1ncsc1CN(C)c1nccnc1C(=N)N. The zero-order valence-electron chi connectivity index (χ0n) is 10.2. The molecule has 0 aromatic carbocycles. The molecule has 2 rings (SSSR count). The Morgan fingerprint density at radius 3 is 2.72 bits per heavy atom. The van der Waals surface area contributed by atoms with E-state index in [0.29, 0.717) is 18.1 Å². The summed E-state index contributed by atoms with van der Waals surface area (Å²) >= 11 is 1.60. The van der Waals surface area contributed by atoms with Crippen LogP contribution < -0.4 is 10.6 Å². The number of aromatic nitrogens is 3. The molecule has 0 aliphatic heterocycles. The highest BCUT2D eigenvalue weighted by Gasteiger charge is 2.14. The number of nitrogens with zero attached hydrogens (tertiary/aromatic N) is 4. The maximum Gasteiger partial charge on any atom is 0.158 e. The summed E-state index contributed by atoms with van der Waals surface area (Å²) in [4.78, 5) is 15.6. The summed E-state index contributed by atoms with van der Waals surface area (Å²) in [5, 5.41) is 7.50. The van der Waals surface area contributed by atoms with E-state index >= 15 is 0 Å². The Hall–Kier alpha value is -2.02. The molecule has 18 heavy (non-hydrogen) atoms. The molecule has 2 aromatic rings. The van der Waals surface area contributed by atoms with E-state index in [1.54, 1.807) is 17.5 Å². The third-order valence-electron chi connectivity index (χ3n) is 2.52. The third-order valence-corrected chi connectivity index (χ3v) is 3.44. The normalized spacial score (nSPS) is 10.3. The van der Waals surface area contributed by atoms with Crippen LogP contribution in [0.25, 0.3) is 0 Å². The Labute approximate surface area is 109 Å². The van der Waals surface area contributed by atoms with Gasteiger partial charge in [0.1, 0.15) is 11.5 Å². The van der Waals surface area contributed by atoms with Crippen LogP contribution in [-0.2, 0) is 6.54 Å². The Bertz CT molecular complexity index is 564. The lowest BCUT2D eigenvalue weighted by atomic mass is 10.3. The first kappa shape index (κ1) is 12.4. The van der Waals surface area contributed by atoms with E-state index in [2.05, 4.69) is 15.0 Å². The molecule has 0 spiro atoms. The lowest BCUT2D eigenvalue weighted by molar-refractivity contribution is 0.889. The van der Waals surface area contributed by atoms with Gasteiger partial charge in [-0.2, -0.15) is 0 Å². The Balaban J connectivity index is 2.26. The molecule has 0 saturated heterocycles. The van der Waals surface area contributed by atoms with Crippen LogP contribution in [0.15, 0.2) is 17.9 Å². The van der Waals surface area contributed by atoms with Crippen LogP contribution in [-0.4, -0.2) is 27.8 Å². The predicted molar refractivity (Wildman–Crippen MR) is 72.0 cm³/mol. The smallest absolute Gasteiger partial charge is 0.158 e. The molecule has 0 aliphatic carbocycles. The van der Waals surface area contributed by atoms with E-state index in [-0.39, 0.29) is 5.84 Å². The molecule has 94 valence electrons. The molecule has 0 bridgehead atoms. The lowest BCUT2D eigenvalue weighted by Gasteiger charge is -2.19. The second kappa shape index (κ2) is 5.09. The molecule has 7 heteroatoms. The largest absolute Gasteiger partial charge is 0.382 e. The zero-order chi connectivity index (χ0) is 13.1. The summed E-state index contributed by atoms with van der Waals surface area (Å²) in [6, 6.07) is 0. The minimum Gasteiger partial charge on any atom is -0.382 e. The zero-order valence-corrected chi connectivity index (χ0v) is 11.0. The van der Waals surface area contributed by atoms with Crippen molar-refractivity contribution in [1.82, 2.24) is 15.0 Å². The summed E-state index contributed by atoms with van der Waals surface area (Å²) < 4.78 is 0. The Kier molecular flexibility index (Phi) is 3.52. The van der Waals surface area contributed by atoms with Gasteiger partial charge in [-0.25, -0.2) is 15.0 Å². The van der Waals surface area contributed by atoms with E-state index in [9.17, 15) is 0 Å². The van der Waals surface area contributed by atoms with Gasteiger partial charge in [0.05, 0.1) is 17.7 Å². The number of rotatable bonds is 4. The fourth-order valence-electron chi connectivity index (χ4n) is 1.57. The topological polar surface area (TPSA) is 91.8 Å². The number of nitrogen functional groups attached to an aromatic ring is 1. The van der Waals surface area contributed by atoms with Crippen LogP contribution in [0.5, 0.6) is 0 Å². The van der Waals surface area contributed by atoms with Crippen LogP contribution in [0, 0.1) is 12.3 Å². The predicted octanol–water partition coefficient (Wildman–Crippen LogP) is 1.16. The van der Waals surface area contributed by atoms with Gasteiger partial charge in [-0.1, -0.05) is 0 Å². The van der Waals surface area contributed by atoms with Crippen molar-refractivity contribution >= 4 is 23.0 Å². The molecule has 2 heterocycles. The second-order valence-electron chi connectivity index (χ2n) is 3.86. The van der Waals surface area contributed by atoms with Gasteiger partial charge in [0, 0.05) is 24.3 Å². The standard InChI is InChI=1S/C11H14N6S/c1-7-8(18-6-16-7)5-17(2)11-9(10(12)13)14-3-4-15-11/h3-4,6H,5H2,1-2H3,(H3,12,13). The van der Waals surface area contributed by atoms with Gasteiger partial charge in [-0.3, -0.25) is 5.41 Å². The molecule has 0 fully saturated rings. The van der Waals surface area contributed by atoms with Gasteiger partial charge in [-0.05, 0) is 6.92 Å². The molecule has 0 aliphatic rings. The van der Waals surface area contributed by atoms with Gasteiger partial charge < -0.3 is 10.6 Å². The first-order chi connectivity index (χ1) is 8.59. The minimum atomic E-state index is -0.0778. The molecular weight excluding hydrogens is 248 g/mol. The molecular formula is C11H14N6S. The van der Waals surface area contributed by atoms with Crippen LogP contribution in [0.1, 0.15) is 16.3 Å². The summed E-state index contributed by atoms with van der Waals surface area (Å²) in [6.45, 7) is 2.65. The van der Waals surface area contributed by atoms with E-state index in [1.807, 2.05) is 24.4 Å². The number of anilines is 1. The van der Waals surface area contributed by atoms with Crippen LogP contribution in [0.3, 0.4) is 0 Å². The first-order valence-electron chi connectivity index (χ1n) is 5.35. The van der Waals surface area contributed by atoms with E-state index < -0.39 is 0 Å². The summed E-state index contributed by atoms with van der Waals surface area (Å²) in [6.07, 6.45) is 3.13. The van der Waals surface area contributed by atoms with Gasteiger partial charge in [0.2, 0.25) is 0 Å². The summed E-state index contributed by atoms with van der Waals surface area (Å²) in [7, 11) is 1.90. The average Bonchev–Trinajstić information content (AvgIpc) is 2.75. The fraction of sp³-hybridized carbons (Fsp3) is 0.273. The molecule has 3 N–H and O–H groups in total. The number of amidine groups is 1. The van der Waals surface area contributed by atoms with Crippen molar-refractivity contribution in [3.63, 3.8) is 0 Å². The van der Waals surface area contributed by atoms with Crippen LogP contribution >= 0.6 is 11.3 Å². The lowest BCUT2D eigenvalue weighted by Crippen LogP contribution is -2.24. The molecule has 0 atom stereocenters. The molecule has 0 unspecified atom stereocenters. The van der Waals surface area contributed by atoms with Crippen molar-refractivity contribution in [1.29, 1.82) is 5.41 Å².